The summed E-state index contributed by atoms with van der Waals surface area (Å²) in [6.45, 7) is 2.34. The molecule has 0 fully saturated rings. The second kappa shape index (κ2) is 24.2. The van der Waals surface area contributed by atoms with Gasteiger partial charge in [-0.2, -0.15) is 0 Å². The molecular formula is C40H64N2+2. The predicted octanol–water partition coefficient (Wildman–Crippen LogP) is 10.8. The minimum absolute atomic E-state index is 1.17. The number of rotatable bonds is 0. The van der Waals surface area contributed by atoms with Crippen molar-refractivity contribution in [3.63, 3.8) is 0 Å². The van der Waals surface area contributed by atoms with Crippen molar-refractivity contribution in [1.82, 2.24) is 0 Å². The standard InChI is InChI=1S/C40H64N2/c1-2-5-9-13-17-21-25-33-41-35-28-32-40(38-41)30-24-20-16-12-8-4-6-10-14-18-22-26-34-42-36-27-31-39(37-42)29-23-19-15-11-7-3-1/h1,3-4,6,27-28,31-32,35-38H,2,5,7-26,29-30,33-34H2/q+2/b3-1-,6-4-. The van der Waals surface area contributed by atoms with Gasteiger partial charge in [0.1, 0.15) is 13.1 Å². The number of fused-ring (bicyclic) bond motifs is 4. The second-order valence-corrected chi connectivity index (χ2v) is 12.9. The van der Waals surface area contributed by atoms with Crippen LogP contribution in [-0.4, -0.2) is 0 Å². The van der Waals surface area contributed by atoms with Gasteiger partial charge in [0.25, 0.3) is 0 Å². The molecule has 2 aromatic heterocycles. The normalized spacial score (nSPS) is 21.1. The SMILES string of the molecule is C1=C\CCCCCCc2ccc[n+](c2)CCCCCC/C=C\CCCCCCc2ccc[n+](c2)CCCCCCCC/1. The van der Waals surface area contributed by atoms with Crippen LogP contribution < -0.4 is 9.13 Å². The van der Waals surface area contributed by atoms with Crippen molar-refractivity contribution >= 4 is 0 Å². The Balaban J connectivity index is 1.34. The van der Waals surface area contributed by atoms with Crippen LogP contribution >= 0.6 is 0 Å². The molecule has 0 amide bonds. The zero-order valence-electron chi connectivity index (χ0n) is 27.2. The summed E-state index contributed by atoms with van der Waals surface area (Å²) in [7, 11) is 0. The Hall–Kier alpha value is -2.22. The molecule has 0 saturated carbocycles. The van der Waals surface area contributed by atoms with Gasteiger partial charge in [0, 0.05) is 36.1 Å². The molecule has 1 aliphatic rings. The highest BCUT2D eigenvalue weighted by Crippen LogP contribution is 2.12. The van der Waals surface area contributed by atoms with Crippen LogP contribution in [0, 0.1) is 0 Å². The number of aromatic nitrogens is 2. The highest BCUT2D eigenvalue weighted by molar-refractivity contribution is 5.06. The molecule has 0 aliphatic carbocycles. The van der Waals surface area contributed by atoms with E-state index >= 15 is 0 Å². The molecule has 2 heteroatoms. The maximum atomic E-state index is 2.44. The minimum atomic E-state index is 1.17. The molecule has 232 valence electrons. The van der Waals surface area contributed by atoms with E-state index in [2.05, 4.69) is 82.5 Å². The van der Waals surface area contributed by atoms with Gasteiger partial charge in [-0.3, -0.25) is 0 Å². The minimum Gasteiger partial charge on any atom is -0.205 e. The molecule has 42 heavy (non-hydrogen) atoms. The van der Waals surface area contributed by atoms with Crippen LogP contribution in [0.2, 0.25) is 0 Å². The molecule has 2 nitrogen and oxygen atoms in total. The fourth-order valence-electron chi connectivity index (χ4n) is 6.26. The first-order chi connectivity index (χ1) is 20.9. The van der Waals surface area contributed by atoms with E-state index in [1.807, 2.05) is 0 Å². The Labute approximate surface area is 260 Å². The molecule has 1 aliphatic heterocycles. The molecule has 0 unspecified atom stereocenters. The Morgan fingerprint density at radius 3 is 1.10 bits per heavy atom. The van der Waals surface area contributed by atoms with Crippen LogP contribution in [-0.2, 0) is 25.9 Å². The van der Waals surface area contributed by atoms with Crippen LogP contribution in [0.1, 0.15) is 152 Å². The van der Waals surface area contributed by atoms with Crippen LogP contribution in [0.25, 0.3) is 0 Å². The van der Waals surface area contributed by atoms with Gasteiger partial charge in [0.15, 0.2) is 24.8 Å². The molecule has 0 atom stereocenters. The van der Waals surface area contributed by atoms with Crippen LogP contribution in [0.15, 0.2) is 73.4 Å². The Morgan fingerprint density at radius 1 is 0.357 bits per heavy atom. The Morgan fingerprint density at radius 2 is 0.690 bits per heavy atom. The molecule has 0 saturated heterocycles. The zero-order chi connectivity index (χ0) is 29.2. The largest absolute Gasteiger partial charge is 0.205 e. The topological polar surface area (TPSA) is 7.76 Å². The second-order valence-electron chi connectivity index (χ2n) is 12.9. The third-order valence-electron chi connectivity index (χ3n) is 8.92. The lowest BCUT2D eigenvalue weighted by molar-refractivity contribution is -0.697. The highest BCUT2D eigenvalue weighted by atomic mass is 14.9. The average Bonchev–Trinajstić information content (AvgIpc) is 3.01. The van der Waals surface area contributed by atoms with Crippen molar-refractivity contribution in [3.8, 4) is 0 Å². The summed E-state index contributed by atoms with van der Waals surface area (Å²) in [5.41, 5.74) is 3.03. The zero-order valence-corrected chi connectivity index (χ0v) is 27.2. The third-order valence-corrected chi connectivity index (χ3v) is 8.92. The first-order valence-corrected chi connectivity index (χ1v) is 18.2. The number of allylic oxidation sites excluding steroid dienone is 4. The fourth-order valence-corrected chi connectivity index (χ4v) is 6.26. The summed E-state index contributed by atoms with van der Waals surface area (Å²) in [5, 5.41) is 0. The van der Waals surface area contributed by atoms with E-state index in [-0.39, 0.29) is 0 Å². The molecule has 2 aromatic rings. The maximum absolute atomic E-state index is 2.44. The van der Waals surface area contributed by atoms with Gasteiger partial charge in [0.05, 0.1) is 0 Å². The van der Waals surface area contributed by atoms with Crippen molar-refractivity contribution in [3.05, 3.63) is 84.5 Å². The van der Waals surface area contributed by atoms with Gasteiger partial charge in [-0.1, -0.05) is 75.7 Å². The molecule has 0 N–H and O–H groups in total. The summed E-state index contributed by atoms with van der Waals surface area (Å²) >= 11 is 0. The number of aryl methyl sites for hydroxylation is 4. The molecule has 0 radical (unpaired) electrons. The molecular weight excluding hydrogens is 508 g/mol. The number of nitrogens with zero attached hydrogens (tertiary/aromatic N) is 2. The van der Waals surface area contributed by atoms with Gasteiger partial charge in [-0.25, -0.2) is 9.13 Å². The van der Waals surface area contributed by atoms with Crippen molar-refractivity contribution in [2.24, 2.45) is 0 Å². The van der Waals surface area contributed by atoms with Crippen molar-refractivity contribution in [2.75, 3.05) is 0 Å². The molecule has 3 rings (SSSR count). The Kier molecular flexibility index (Phi) is 19.8. The maximum Gasteiger partial charge on any atom is 0.171 e. The summed E-state index contributed by atoms with van der Waals surface area (Å²) in [6, 6.07) is 9.14. The van der Waals surface area contributed by atoms with Crippen molar-refractivity contribution < 1.29 is 9.13 Å². The van der Waals surface area contributed by atoms with E-state index in [1.54, 1.807) is 0 Å². The first kappa shape index (κ1) is 34.3. The quantitative estimate of drug-likeness (QED) is 0.219. The average molecular weight is 573 g/mol. The van der Waals surface area contributed by atoms with E-state index in [4.69, 9.17) is 0 Å². The van der Waals surface area contributed by atoms with Gasteiger partial charge in [-0.15, -0.1) is 0 Å². The Bertz CT molecular complexity index is 975. The van der Waals surface area contributed by atoms with Crippen LogP contribution in [0.3, 0.4) is 0 Å². The first-order valence-electron chi connectivity index (χ1n) is 18.2. The van der Waals surface area contributed by atoms with E-state index in [1.165, 1.54) is 178 Å². The van der Waals surface area contributed by atoms with E-state index in [0.717, 1.165) is 0 Å². The van der Waals surface area contributed by atoms with Crippen LogP contribution in [0.5, 0.6) is 0 Å². The summed E-state index contributed by atoms with van der Waals surface area (Å²) < 4.78 is 4.85. The van der Waals surface area contributed by atoms with Crippen LogP contribution in [0.4, 0.5) is 0 Å². The summed E-state index contributed by atoms with van der Waals surface area (Å²) in [6.07, 6.45) is 51.0. The van der Waals surface area contributed by atoms with E-state index < -0.39 is 0 Å². The van der Waals surface area contributed by atoms with Crippen molar-refractivity contribution in [1.29, 1.82) is 0 Å². The lowest BCUT2D eigenvalue weighted by Gasteiger charge is -2.03. The summed E-state index contributed by atoms with van der Waals surface area (Å²) in [5.74, 6) is 0. The van der Waals surface area contributed by atoms with Gasteiger partial charge >= 0.3 is 0 Å². The fraction of sp³-hybridized carbons (Fsp3) is 0.650. The monoisotopic (exact) mass is 573 g/mol. The molecule has 0 aromatic carbocycles. The molecule has 0 spiro atoms. The van der Waals surface area contributed by atoms with Crippen molar-refractivity contribution in [2.45, 2.75) is 167 Å². The third kappa shape index (κ3) is 17.7. The number of pyridine rings is 2. The number of hydrogen-bond donors (Lipinski definition) is 0. The van der Waals surface area contributed by atoms with Gasteiger partial charge in [-0.05, 0) is 102 Å². The van der Waals surface area contributed by atoms with E-state index in [0.29, 0.717) is 0 Å². The van der Waals surface area contributed by atoms with E-state index in [9.17, 15) is 0 Å². The number of hydrogen-bond acceptors (Lipinski definition) is 0. The van der Waals surface area contributed by atoms with Gasteiger partial charge in [0.2, 0.25) is 0 Å². The predicted molar refractivity (Wildman–Crippen MR) is 181 cm³/mol. The smallest absolute Gasteiger partial charge is 0.171 e. The lowest BCUT2D eigenvalue weighted by Crippen LogP contribution is -2.33. The summed E-state index contributed by atoms with van der Waals surface area (Å²) in [4.78, 5) is 0. The van der Waals surface area contributed by atoms with Gasteiger partial charge < -0.3 is 0 Å². The highest BCUT2D eigenvalue weighted by Gasteiger charge is 2.05. The molecule has 3 heterocycles. The molecule has 4 bridgehead atoms. The lowest BCUT2D eigenvalue weighted by atomic mass is 10.1.